The van der Waals surface area contributed by atoms with Crippen LogP contribution in [-0.4, -0.2) is 104 Å². The fraction of sp³-hybridized carbons (Fsp3) is 0.676. The molecule has 0 aromatic heterocycles. The van der Waals surface area contributed by atoms with Gasteiger partial charge >= 0.3 is 6.03 Å². The van der Waals surface area contributed by atoms with Crippen LogP contribution >= 0.6 is 0 Å². The minimum Gasteiger partial charge on any atom is -0.351 e. The van der Waals surface area contributed by atoms with Crippen molar-refractivity contribution in [3.63, 3.8) is 0 Å². The van der Waals surface area contributed by atoms with Crippen molar-refractivity contribution in [1.29, 1.82) is 0 Å². The largest absolute Gasteiger partial charge is 0.351 e. The second kappa shape index (κ2) is 16.6. The fourth-order valence-electron chi connectivity index (χ4n) is 6.64. The van der Waals surface area contributed by atoms with Crippen LogP contribution in [0.2, 0.25) is 0 Å². The number of likely N-dealkylation sites (N-methyl/N-ethyl adjacent to an activating group) is 1. The summed E-state index contributed by atoms with van der Waals surface area (Å²) in [6.45, 7) is 18.6. The Labute approximate surface area is 308 Å². The lowest BCUT2D eigenvalue weighted by Gasteiger charge is -2.38. The minimum absolute atomic E-state index is 0.0187. The van der Waals surface area contributed by atoms with Crippen molar-refractivity contribution in [2.24, 2.45) is 22.7 Å². The maximum atomic E-state index is 14.4. The van der Waals surface area contributed by atoms with E-state index in [-0.39, 0.29) is 31.0 Å². The molecule has 1 saturated heterocycles. The number of hydrogen-bond acceptors (Lipinski definition) is 6. The third-order valence-electron chi connectivity index (χ3n) is 9.93. The summed E-state index contributed by atoms with van der Waals surface area (Å²) >= 11 is 0. The van der Waals surface area contributed by atoms with Crippen LogP contribution in [0.5, 0.6) is 0 Å². The van der Waals surface area contributed by atoms with E-state index in [1.165, 1.54) is 11.9 Å². The highest BCUT2D eigenvalue weighted by atomic mass is 32.2. The summed E-state index contributed by atoms with van der Waals surface area (Å²) in [4.78, 5) is 56.7. The summed E-state index contributed by atoms with van der Waals surface area (Å²) in [5.74, 6) is -2.79. The van der Waals surface area contributed by atoms with E-state index in [2.05, 4.69) is 27.8 Å². The fourth-order valence-corrected chi connectivity index (χ4v) is 7.06. The summed E-state index contributed by atoms with van der Waals surface area (Å²) in [5, 5.41) is 10.9. The zero-order valence-corrected chi connectivity index (χ0v) is 32.9. The topological polar surface area (TPSA) is 157 Å². The highest BCUT2D eigenvalue weighted by molar-refractivity contribution is 7.88. The second-order valence-electron chi connectivity index (χ2n) is 16.8. The lowest BCUT2D eigenvalue weighted by Crippen LogP contribution is -2.62. The van der Waals surface area contributed by atoms with Crippen molar-refractivity contribution in [2.45, 2.75) is 111 Å². The average Bonchev–Trinajstić information content (AvgIpc) is 3.68. The smallest absolute Gasteiger partial charge is 0.315 e. The predicted molar refractivity (Wildman–Crippen MR) is 197 cm³/mol. The molecule has 52 heavy (non-hydrogen) atoms. The zero-order chi connectivity index (χ0) is 39.5. The molecule has 2 aliphatic rings. The third-order valence-corrected chi connectivity index (χ3v) is 11.2. The molecule has 0 spiro atoms. The highest BCUT2D eigenvalue weighted by Crippen LogP contribution is 2.41. The van der Waals surface area contributed by atoms with Crippen molar-refractivity contribution in [1.82, 2.24) is 30.5 Å². The maximum Gasteiger partial charge on any atom is 0.315 e. The number of hydrogen-bond donors (Lipinski definition) is 4. The molecule has 12 nitrogen and oxygen atoms in total. The summed E-state index contributed by atoms with van der Waals surface area (Å²) in [7, 11) is -2.14. The van der Waals surface area contributed by atoms with Gasteiger partial charge in [-0.25, -0.2) is 26.3 Å². The number of alkyl halides is 2. The Hall–Kier alpha value is -3.59. The molecule has 7 atom stereocenters. The van der Waals surface area contributed by atoms with Gasteiger partial charge in [0.25, 0.3) is 0 Å². The Bertz CT molecular complexity index is 1580. The number of benzene rings is 1. The van der Waals surface area contributed by atoms with E-state index in [9.17, 15) is 36.4 Å². The Kier molecular flexibility index (Phi) is 13.7. The number of sulfonamides is 1. The summed E-state index contributed by atoms with van der Waals surface area (Å²) in [6.07, 6.45) is -2.09. The number of carbonyl (C=O) groups is 4. The Morgan fingerprint density at radius 3 is 2.08 bits per heavy atom. The number of rotatable bonds is 14. The predicted octanol–water partition coefficient (Wildman–Crippen LogP) is 3.86. The monoisotopic (exact) mass is 752 g/mol. The molecule has 15 heteroatoms. The molecule has 3 rings (SSSR count). The second-order valence-corrected chi connectivity index (χ2v) is 18.9. The summed E-state index contributed by atoms with van der Waals surface area (Å²) < 4.78 is 53.0. The lowest BCUT2D eigenvalue weighted by atomic mass is 9.84. The first kappa shape index (κ1) is 42.8. The molecule has 1 aromatic rings. The standard InChI is InChI=1S/C37H58F2N6O6S/c1-21(2)29-22(3)19-45(34(48)31(37(7,8)9)43-35(49)42-27(36(4,5)6)20-44(10)52(11,50)51)30(29)33(47)41-26(18-28(38)39)32(46)40-25-17-24(25)23-15-13-12-14-16-23/h12-16,21,24-31H,3,17-20H2,1-2,4-11H3,(H,40,46)(H,41,47)(H2,42,43,49)/t24?,25-,26+,27-,29+,30+,31-/m1/s1. The quantitative estimate of drug-likeness (QED) is 0.212. The van der Waals surface area contributed by atoms with Gasteiger partial charge in [-0.05, 0) is 28.7 Å². The van der Waals surface area contributed by atoms with Crippen LogP contribution in [0.15, 0.2) is 42.5 Å². The number of amides is 5. The van der Waals surface area contributed by atoms with E-state index < -0.39 is 87.5 Å². The molecule has 1 aliphatic heterocycles. The third kappa shape index (κ3) is 11.2. The Morgan fingerprint density at radius 2 is 1.58 bits per heavy atom. The maximum absolute atomic E-state index is 14.4. The van der Waals surface area contributed by atoms with Crippen LogP contribution in [0.1, 0.15) is 79.7 Å². The van der Waals surface area contributed by atoms with Crippen LogP contribution < -0.4 is 21.3 Å². The zero-order valence-electron chi connectivity index (χ0n) is 32.1. The molecular weight excluding hydrogens is 695 g/mol. The summed E-state index contributed by atoms with van der Waals surface area (Å²) in [6, 6.07) is 4.00. The molecule has 4 N–H and O–H groups in total. The Balaban J connectivity index is 1.85. The Morgan fingerprint density at radius 1 is 0.981 bits per heavy atom. The van der Waals surface area contributed by atoms with Crippen molar-refractivity contribution in [3.8, 4) is 0 Å². The number of halogens is 2. The first-order valence-electron chi connectivity index (χ1n) is 17.7. The number of nitrogens with zero attached hydrogens (tertiary/aromatic N) is 2. The molecule has 1 heterocycles. The molecule has 2 fully saturated rings. The molecule has 1 unspecified atom stereocenters. The normalized spacial score (nSPS) is 22.6. The van der Waals surface area contributed by atoms with E-state index >= 15 is 0 Å². The van der Waals surface area contributed by atoms with Crippen LogP contribution in [0.25, 0.3) is 0 Å². The molecule has 1 aliphatic carbocycles. The van der Waals surface area contributed by atoms with E-state index in [0.29, 0.717) is 12.0 Å². The van der Waals surface area contributed by atoms with Gasteiger partial charge in [-0.3, -0.25) is 14.4 Å². The van der Waals surface area contributed by atoms with Gasteiger partial charge in [-0.1, -0.05) is 97.9 Å². The van der Waals surface area contributed by atoms with Crippen LogP contribution in [0.3, 0.4) is 0 Å². The molecule has 292 valence electrons. The van der Waals surface area contributed by atoms with E-state index in [1.807, 2.05) is 65.0 Å². The highest BCUT2D eigenvalue weighted by Gasteiger charge is 2.50. The number of carbonyl (C=O) groups excluding carboxylic acids is 4. The first-order chi connectivity index (χ1) is 23.8. The van der Waals surface area contributed by atoms with E-state index in [0.717, 1.165) is 16.1 Å². The van der Waals surface area contributed by atoms with Gasteiger partial charge in [0.15, 0.2) is 0 Å². The van der Waals surface area contributed by atoms with E-state index in [4.69, 9.17) is 0 Å². The van der Waals surface area contributed by atoms with Gasteiger partial charge in [0.1, 0.15) is 18.1 Å². The SMILES string of the molecule is C=C1CN(C(=O)[C@@H](NC(=O)N[C@H](CN(C)S(C)(=O)=O)C(C)(C)C)C(C)(C)C)[C@H](C(=O)N[C@@H](CC(F)F)C(=O)N[C@@H]2CC2c2ccccc2)[C@H]1C(C)C. The van der Waals surface area contributed by atoms with Gasteiger partial charge in [0.05, 0.1) is 6.26 Å². The molecule has 0 radical (unpaired) electrons. The van der Waals surface area contributed by atoms with Crippen LogP contribution in [-0.2, 0) is 24.4 Å². The number of likely N-dealkylation sites (tertiary alicyclic amines) is 1. The van der Waals surface area contributed by atoms with Crippen molar-refractivity contribution >= 4 is 33.8 Å². The van der Waals surface area contributed by atoms with Gasteiger partial charge in [-0.15, -0.1) is 0 Å². The van der Waals surface area contributed by atoms with Crippen LogP contribution in [0.4, 0.5) is 13.6 Å². The average molecular weight is 753 g/mol. The van der Waals surface area contributed by atoms with E-state index in [1.54, 1.807) is 20.8 Å². The first-order valence-corrected chi connectivity index (χ1v) is 19.6. The number of urea groups is 1. The van der Waals surface area contributed by atoms with Crippen LogP contribution in [0, 0.1) is 22.7 Å². The van der Waals surface area contributed by atoms with Gasteiger partial charge < -0.3 is 26.2 Å². The van der Waals surface area contributed by atoms with Crippen molar-refractivity contribution < 1.29 is 36.4 Å². The summed E-state index contributed by atoms with van der Waals surface area (Å²) in [5.41, 5.74) is 0.161. The van der Waals surface area contributed by atoms with Crippen molar-refractivity contribution in [3.05, 3.63) is 48.0 Å². The van der Waals surface area contributed by atoms with Crippen molar-refractivity contribution in [2.75, 3.05) is 26.4 Å². The lowest BCUT2D eigenvalue weighted by molar-refractivity contribution is -0.144. The molecule has 0 bridgehead atoms. The molecular formula is C37H58F2N6O6S. The molecule has 5 amide bonds. The molecule has 1 aromatic carbocycles. The number of nitrogens with one attached hydrogen (secondary N) is 4. The van der Waals surface area contributed by atoms with Gasteiger partial charge in [0.2, 0.25) is 34.2 Å². The van der Waals surface area contributed by atoms with Gasteiger partial charge in [-0.2, -0.15) is 0 Å². The minimum atomic E-state index is -3.55. The van der Waals surface area contributed by atoms with Gasteiger partial charge in [0, 0.05) is 50.5 Å². The molecule has 1 saturated carbocycles.